The number of amides is 1. The molecule has 2 N–H and O–H groups in total. The summed E-state index contributed by atoms with van der Waals surface area (Å²) in [6.07, 6.45) is -2.61. The number of hydrogen-bond acceptors (Lipinski definition) is 6. The van der Waals surface area contributed by atoms with E-state index in [2.05, 4.69) is 5.32 Å². The molecule has 0 fully saturated rings. The molecule has 4 rings (SSSR count). The molecule has 1 heterocycles. The minimum atomic E-state index is -1.47. The van der Waals surface area contributed by atoms with Crippen LogP contribution in [0.4, 0.5) is 5.69 Å². The zero-order chi connectivity index (χ0) is 22.0. The number of hydrogen-bond donors (Lipinski definition) is 2. The van der Waals surface area contributed by atoms with Crippen LogP contribution < -0.4 is 10.1 Å². The quantitative estimate of drug-likeness (QED) is 0.455. The molecule has 0 saturated heterocycles. The zero-order valence-electron chi connectivity index (χ0n) is 17.0. The maximum absolute atomic E-state index is 12.6. The lowest BCUT2D eigenvalue weighted by Crippen LogP contribution is -2.32. The molecule has 4 aromatic rings. The largest absolute Gasteiger partial charge is 0.495 e. The Morgan fingerprint density at radius 2 is 1.68 bits per heavy atom. The Morgan fingerprint density at radius 3 is 2.42 bits per heavy atom. The van der Waals surface area contributed by atoms with Gasteiger partial charge in [-0.3, -0.25) is 4.79 Å². The van der Waals surface area contributed by atoms with Gasteiger partial charge in [0.05, 0.1) is 12.8 Å². The predicted octanol–water partition coefficient (Wildman–Crippen LogP) is 4.20. The van der Waals surface area contributed by atoms with Crippen molar-refractivity contribution in [3.05, 3.63) is 72.3 Å². The number of ether oxygens (including phenoxy) is 2. The number of anilines is 1. The number of aliphatic hydroxyl groups is 1. The van der Waals surface area contributed by atoms with Gasteiger partial charge in [-0.25, -0.2) is 4.79 Å². The second kappa shape index (κ2) is 8.49. The molecule has 0 saturated carbocycles. The first kappa shape index (κ1) is 20.4. The van der Waals surface area contributed by atoms with Gasteiger partial charge in [0.1, 0.15) is 16.9 Å². The Bertz CT molecular complexity index is 1250. The summed E-state index contributed by atoms with van der Waals surface area (Å²) in [4.78, 5) is 24.8. The lowest BCUT2D eigenvalue weighted by molar-refractivity contribution is -0.162. The van der Waals surface area contributed by atoms with Crippen LogP contribution in [0.15, 0.2) is 71.1 Å². The number of esters is 1. The van der Waals surface area contributed by atoms with Gasteiger partial charge in [0.25, 0.3) is 5.91 Å². The molecule has 158 valence electrons. The number of carbonyl (C=O) groups excluding carboxylic acids is 2. The highest BCUT2D eigenvalue weighted by molar-refractivity contribution is 6.08. The van der Waals surface area contributed by atoms with Crippen LogP contribution in [0, 0.1) is 0 Å². The summed E-state index contributed by atoms with van der Waals surface area (Å²) >= 11 is 0. The topological polar surface area (TPSA) is 98.0 Å². The van der Waals surface area contributed by atoms with Gasteiger partial charge in [0.2, 0.25) is 0 Å². The van der Waals surface area contributed by atoms with Gasteiger partial charge in [-0.15, -0.1) is 0 Å². The summed E-state index contributed by atoms with van der Waals surface area (Å²) in [6.45, 7) is 1.43. The number of benzene rings is 3. The van der Waals surface area contributed by atoms with Crippen LogP contribution in [0.5, 0.6) is 5.75 Å². The highest BCUT2D eigenvalue weighted by Crippen LogP contribution is 2.36. The molecule has 1 amide bonds. The van der Waals surface area contributed by atoms with Crippen molar-refractivity contribution in [1.82, 2.24) is 0 Å². The van der Waals surface area contributed by atoms with E-state index in [1.165, 1.54) is 14.0 Å². The predicted molar refractivity (Wildman–Crippen MR) is 116 cm³/mol. The zero-order valence-corrected chi connectivity index (χ0v) is 17.0. The van der Waals surface area contributed by atoms with E-state index in [0.717, 1.165) is 16.4 Å². The van der Waals surface area contributed by atoms with E-state index >= 15 is 0 Å². The second-order valence-corrected chi connectivity index (χ2v) is 7.03. The Kier molecular flexibility index (Phi) is 5.60. The standard InChI is InChI=1S/C24H21NO6/c1-14(30-24(28)22(26)15-8-4-3-5-9-15)23(27)25-18-13-20-17(12-21(18)29-2)16-10-6-7-11-19(16)31-20/h3-14,22,26H,1-2H3,(H,25,27)/t14-,22-/m1/s1. The van der Waals surface area contributed by atoms with E-state index in [-0.39, 0.29) is 0 Å². The van der Waals surface area contributed by atoms with E-state index < -0.39 is 24.1 Å². The molecule has 0 bridgehead atoms. The van der Waals surface area contributed by atoms with Crippen LogP contribution in [0.3, 0.4) is 0 Å². The number of nitrogens with one attached hydrogen (secondary N) is 1. The smallest absolute Gasteiger partial charge is 0.340 e. The third-order valence-corrected chi connectivity index (χ3v) is 4.96. The van der Waals surface area contributed by atoms with Crippen LogP contribution in [0.1, 0.15) is 18.6 Å². The molecule has 0 aliphatic rings. The maximum Gasteiger partial charge on any atom is 0.340 e. The molecule has 0 unspecified atom stereocenters. The Morgan fingerprint density at radius 1 is 0.968 bits per heavy atom. The average Bonchev–Trinajstić information content (AvgIpc) is 3.15. The highest BCUT2D eigenvalue weighted by Gasteiger charge is 2.25. The fourth-order valence-corrected chi connectivity index (χ4v) is 3.32. The molecule has 0 spiro atoms. The fraction of sp³-hybridized carbons (Fsp3) is 0.167. The first-order valence-corrected chi connectivity index (χ1v) is 9.71. The Balaban J connectivity index is 1.52. The van der Waals surface area contributed by atoms with Gasteiger partial charge < -0.3 is 24.3 Å². The lowest BCUT2D eigenvalue weighted by Gasteiger charge is -2.17. The number of aliphatic hydroxyl groups excluding tert-OH is 1. The third-order valence-electron chi connectivity index (χ3n) is 4.96. The molecule has 1 aromatic heterocycles. The van der Waals surface area contributed by atoms with Crippen molar-refractivity contribution in [3.8, 4) is 5.75 Å². The Labute approximate surface area is 178 Å². The van der Waals surface area contributed by atoms with E-state index in [0.29, 0.717) is 22.6 Å². The van der Waals surface area contributed by atoms with Gasteiger partial charge in [-0.1, -0.05) is 48.5 Å². The molecule has 7 heteroatoms. The van der Waals surface area contributed by atoms with Crippen molar-refractivity contribution < 1.29 is 28.6 Å². The number of fused-ring (bicyclic) bond motifs is 3. The molecular formula is C24H21NO6. The fourth-order valence-electron chi connectivity index (χ4n) is 3.32. The number of furan rings is 1. The van der Waals surface area contributed by atoms with Crippen molar-refractivity contribution in [2.75, 3.05) is 12.4 Å². The minimum absolute atomic E-state index is 0.380. The van der Waals surface area contributed by atoms with Gasteiger partial charge in [0, 0.05) is 16.8 Å². The number of para-hydroxylation sites is 1. The number of carbonyl (C=O) groups is 2. The molecule has 0 aliphatic carbocycles. The SMILES string of the molecule is COc1cc2c(cc1NC(=O)[C@@H](C)OC(=O)[C@H](O)c1ccccc1)oc1ccccc12. The molecule has 31 heavy (non-hydrogen) atoms. The van der Waals surface area contributed by atoms with Crippen molar-refractivity contribution >= 4 is 39.5 Å². The van der Waals surface area contributed by atoms with Gasteiger partial charge in [-0.05, 0) is 24.6 Å². The molecule has 3 aromatic carbocycles. The molecule has 0 aliphatic heterocycles. The highest BCUT2D eigenvalue weighted by atomic mass is 16.6. The van der Waals surface area contributed by atoms with Crippen LogP contribution in [0.2, 0.25) is 0 Å². The maximum atomic E-state index is 12.6. The lowest BCUT2D eigenvalue weighted by atomic mass is 10.1. The molecular weight excluding hydrogens is 398 g/mol. The molecule has 0 radical (unpaired) electrons. The van der Waals surface area contributed by atoms with Gasteiger partial charge >= 0.3 is 5.97 Å². The summed E-state index contributed by atoms with van der Waals surface area (Å²) in [5.74, 6) is -1.04. The van der Waals surface area contributed by atoms with E-state index in [1.807, 2.05) is 24.3 Å². The van der Waals surface area contributed by atoms with Crippen LogP contribution in [-0.2, 0) is 14.3 Å². The normalized spacial score (nSPS) is 13.0. The van der Waals surface area contributed by atoms with Crippen LogP contribution in [-0.4, -0.2) is 30.2 Å². The van der Waals surface area contributed by atoms with Crippen molar-refractivity contribution in [3.63, 3.8) is 0 Å². The van der Waals surface area contributed by atoms with Crippen molar-refractivity contribution in [2.24, 2.45) is 0 Å². The van der Waals surface area contributed by atoms with Gasteiger partial charge in [-0.2, -0.15) is 0 Å². The van der Waals surface area contributed by atoms with Crippen molar-refractivity contribution in [1.29, 1.82) is 0 Å². The van der Waals surface area contributed by atoms with Crippen LogP contribution >= 0.6 is 0 Å². The first-order valence-electron chi connectivity index (χ1n) is 9.71. The Hall–Kier alpha value is -3.84. The molecule has 7 nitrogen and oxygen atoms in total. The summed E-state index contributed by atoms with van der Waals surface area (Å²) in [5, 5.41) is 14.6. The average molecular weight is 419 g/mol. The van der Waals surface area contributed by atoms with Gasteiger partial charge in [0.15, 0.2) is 12.2 Å². The summed E-state index contributed by atoms with van der Waals surface area (Å²) in [5.41, 5.74) is 2.07. The monoisotopic (exact) mass is 419 g/mol. The molecule has 2 atom stereocenters. The third kappa shape index (κ3) is 4.08. The van der Waals surface area contributed by atoms with Crippen molar-refractivity contribution in [2.45, 2.75) is 19.1 Å². The van der Waals surface area contributed by atoms with Crippen LogP contribution in [0.25, 0.3) is 21.9 Å². The summed E-state index contributed by atoms with van der Waals surface area (Å²) < 4.78 is 16.4. The number of methoxy groups -OCH3 is 1. The minimum Gasteiger partial charge on any atom is -0.495 e. The van der Waals surface area contributed by atoms with E-state index in [4.69, 9.17) is 13.9 Å². The summed E-state index contributed by atoms with van der Waals surface area (Å²) in [7, 11) is 1.50. The van der Waals surface area contributed by atoms with E-state index in [1.54, 1.807) is 42.5 Å². The van der Waals surface area contributed by atoms with E-state index in [9.17, 15) is 14.7 Å². The first-order chi connectivity index (χ1) is 15.0. The summed E-state index contributed by atoms with van der Waals surface area (Å²) in [6, 6.07) is 19.4. The number of rotatable bonds is 6. The second-order valence-electron chi connectivity index (χ2n) is 7.03.